The predicted molar refractivity (Wildman–Crippen MR) is 64.4 cm³/mol. The lowest BCUT2D eigenvalue weighted by Crippen LogP contribution is -2.35. The van der Waals surface area contributed by atoms with E-state index < -0.39 is 0 Å². The highest BCUT2D eigenvalue weighted by molar-refractivity contribution is 4.80. The molecule has 0 aromatic carbocycles. The van der Waals surface area contributed by atoms with Gasteiger partial charge in [0.25, 0.3) is 0 Å². The highest BCUT2D eigenvalue weighted by Gasteiger charge is 2.25. The van der Waals surface area contributed by atoms with Gasteiger partial charge in [-0.05, 0) is 44.9 Å². The Labute approximate surface area is 98.6 Å². The van der Waals surface area contributed by atoms with Gasteiger partial charge < -0.3 is 15.2 Å². The van der Waals surface area contributed by atoms with Gasteiger partial charge in [0.2, 0.25) is 0 Å². The Balaban J connectivity index is 1.61. The molecule has 0 bridgehead atoms. The van der Waals surface area contributed by atoms with Crippen LogP contribution in [0.3, 0.4) is 0 Å². The molecule has 2 rings (SSSR count). The van der Waals surface area contributed by atoms with Gasteiger partial charge in [-0.25, -0.2) is 0 Å². The van der Waals surface area contributed by atoms with Crippen molar-refractivity contribution in [3.63, 3.8) is 0 Å². The summed E-state index contributed by atoms with van der Waals surface area (Å²) in [6.07, 6.45) is 7.32. The Bertz CT molecular complexity index is 204. The molecule has 4 unspecified atom stereocenters. The standard InChI is InChI=1S/C13H25NO2/c1-10(8-12-5-3-7-16-12)14-9-11-4-2-6-13(11)15/h10-15H,2-9H2,1H3. The number of rotatable bonds is 5. The number of aliphatic hydroxyl groups excluding tert-OH is 1. The zero-order valence-electron chi connectivity index (χ0n) is 10.3. The molecule has 0 spiro atoms. The molecule has 1 saturated heterocycles. The fourth-order valence-corrected chi connectivity index (χ4v) is 2.92. The molecule has 1 aliphatic heterocycles. The second-order valence-corrected chi connectivity index (χ2v) is 5.44. The van der Waals surface area contributed by atoms with E-state index in [1.54, 1.807) is 0 Å². The van der Waals surface area contributed by atoms with Gasteiger partial charge in [-0.15, -0.1) is 0 Å². The Kier molecular flexibility index (Phi) is 4.62. The normalized spacial score (nSPS) is 36.8. The molecule has 2 aliphatic rings. The average molecular weight is 227 g/mol. The van der Waals surface area contributed by atoms with E-state index in [4.69, 9.17) is 4.74 Å². The summed E-state index contributed by atoms with van der Waals surface area (Å²) >= 11 is 0. The lowest BCUT2D eigenvalue weighted by molar-refractivity contribution is 0.0930. The molecule has 0 radical (unpaired) electrons. The van der Waals surface area contributed by atoms with Crippen molar-refractivity contribution in [1.82, 2.24) is 5.32 Å². The SMILES string of the molecule is CC(CC1CCCO1)NCC1CCCC1O. The largest absolute Gasteiger partial charge is 0.393 e. The third-order valence-electron chi connectivity index (χ3n) is 3.99. The highest BCUT2D eigenvalue weighted by atomic mass is 16.5. The van der Waals surface area contributed by atoms with Crippen LogP contribution >= 0.6 is 0 Å². The minimum Gasteiger partial charge on any atom is -0.393 e. The van der Waals surface area contributed by atoms with E-state index in [2.05, 4.69) is 12.2 Å². The predicted octanol–water partition coefficient (Wildman–Crippen LogP) is 1.69. The molecule has 1 heterocycles. The summed E-state index contributed by atoms with van der Waals surface area (Å²) < 4.78 is 5.63. The van der Waals surface area contributed by atoms with E-state index >= 15 is 0 Å². The van der Waals surface area contributed by atoms with Gasteiger partial charge in [0.15, 0.2) is 0 Å². The third-order valence-corrected chi connectivity index (χ3v) is 3.99. The number of nitrogens with one attached hydrogen (secondary N) is 1. The first-order valence-electron chi connectivity index (χ1n) is 6.78. The minimum absolute atomic E-state index is 0.0672. The quantitative estimate of drug-likeness (QED) is 0.751. The van der Waals surface area contributed by atoms with E-state index in [9.17, 15) is 5.11 Å². The highest BCUT2D eigenvalue weighted by Crippen LogP contribution is 2.25. The maximum absolute atomic E-state index is 9.72. The van der Waals surface area contributed by atoms with Crippen molar-refractivity contribution < 1.29 is 9.84 Å². The van der Waals surface area contributed by atoms with Crippen LogP contribution in [0, 0.1) is 5.92 Å². The molecule has 16 heavy (non-hydrogen) atoms. The topological polar surface area (TPSA) is 41.5 Å². The van der Waals surface area contributed by atoms with Gasteiger partial charge in [-0.2, -0.15) is 0 Å². The fraction of sp³-hybridized carbons (Fsp3) is 1.00. The summed E-state index contributed by atoms with van der Waals surface area (Å²) in [6.45, 7) is 4.14. The van der Waals surface area contributed by atoms with Crippen LogP contribution < -0.4 is 5.32 Å². The van der Waals surface area contributed by atoms with Crippen LogP contribution in [0.4, 0.5) is 0 Å². The Morgan fingerprint density at radius 3 is 2.81 bits per heavy atom. The van der Waals surface area contributed by atoms with Gasteiger partial charge in [0.05, 0.1) is 12.2 Å². The van der Waals surface area contributed by atoms with Gasteiger partial charge >= 0.3 is 0 Å². The molecular weight excluding hydrogens is 202 g/mol. The Morgan fingerprint density at radius 2 is 2.19 bits per heavy atom. The van der Waals surface area contributed by atoms with E-state index in [0.717, 1.165) is 26.0 Å². The first-order valence-corrected chi connectivity index (χ1v) is 6.78. The summed E-state index contributed by atoms with van der Waals surface area (Å²) in [7, 11) is 0. The molecule has 4 atom stereocenters. The molecule has 94 valence electrons. The monoisotopic (exact) mass is 227 g/mol. The van der Waals surface area contributed by atoms with E-state index in [1.165, 1.54) is 25.7 Å². The molecule has 2 N–H and O–H groups in total. The average Bonchev–Trinajstić information content (AvgIpc) is 2.87. The van der Waals surface area contributed by atoms with Crippen molar-refractivity contribution in [2.24, 2.45) is 5.92 Å². The zero-order chi connectivity index (χ0) is 11.4. The molecule has 3 nitrogen and oxygen atoms in total. The third kappa shape index (κ3) is 3.44. The van der Waals surface area contributed by atoms with Crippen molar-refractivity contribution in [3.05, 3.63) is 0 Å². The summed E-state index contributed by atoms with van der Waals surface area (Å²) in [6, 6.07) is 0.510. The van der Waals surface area contributed by atoms with E-state index in [0.29, 0.717) is 18.1 Å². The number of aliphatic hydroxyl groups is 1. The Hall–Kier alpha value is -0.120. The van der Waals surface area contributed by atoms with Crippen molar-refractivity contribution in [3.8, 4) is 0 Å². The van der Waals surface area contributed by atoms with Gasteiger partial charge in [-0.1, -0.05) is 6.42 Å². The number of hydrogen-bond acceptors (Lipinski definition) is 3. The van der Waals surface area contributed by atoms with Crippen molar-refractivity contribution in [1.29, 1.82) is 0 Å². The molecule has 0 aromatic rings. The molecular formula is C13H25NO2. The summed E-state index contributed by atoms with van der Waals surface area (Å²) in [5.41, 5.74) is 0. The van der Waals surface area contributed by atoms with Crippen molar-refractivity contribution in [2.75, 3.05) is 13.2 Å². The van der Waals surface area contributed by atoms with Crippen LogP contribution in [0.1, 0.15) is 45.4 Å². The number of hydrogen-bond donors (Lipinski definition) is 2. The van der Waals surface area contributed by atoms with Crippen molar-refractivity contribution >= 4 is 0 Å². The first kappa shape index (κ1) is 12.3. The molecule has 3 heteroatoms. The van der Waals surface area contributed by atoms with Gasteiger partial charge in [0, 0.05) is 19.2 Å². The minimum atomic E-state index is -0.0672. The maximum Gasteiger partial charge on any atom is 0.0590 e. The summed E-state index contributed by atoms with van der Waals surface area (Å²) in [5, 5.41) is 13.3. The maximum atomic E-state index is 9.72. The molecule has 0 amide bonds. The summed E-state index contributed by atoms with van der Waals surface area (Å²) in [4.78, 5) is 0. The van der Waals surface area contributed by atoms with Crippen LogP contribution in [0.25, 0.3) is 0 Å². The Morgan fingerprint density at radius 1 is 1.31 bits per heavy atom. The van der Waals surface area contributed by atoms with Crippen LogP contribution in [-0.4, -0.2) is 36.5 Å². The molecule has 1 aliphatic carbocycles. The molecule has 0 aromatic heterocycles. The first-order chi connectivity index (χ1) is 7.75. The lowest BCUT2D eigenvalue weighted by atomic mass is 10.0. The number of ether oxygens (including phenoxy) is 1. The molecule has 1 saturated carbocycles. The molecule has 2 fully saturated rings. The fourth-order valence-electron chi connectivity index (χ4n) is 2.92. The van der Waals surface area contributed by atoms with Crippen LogP contribution in [-0.2, 0) is 4.74 Å². The second kappa shape index (κ2) is 5.99. The van der Waals surface area contributed by atoms with E-state index in [-0.39, 0.29) is 6.10 Å². The smallest absolute Gasteiger partial charge is 0.0590 e. The van der Waals surface area contributed by atoms with Crippen molar-refractivity contribution in [2.45, 2.75) is 63.7 Å². The van der Waals surface area contributed by atoms with Crippen LogP contribution in [0.5, 0.6) is 0 Å². The van der Waals surface area contributed by atoms with Crippen LogP contribution in [0.15, 0.2) is 0 Å². The van der Waals surface area contributed by atoms with E-state index in [1.807, 2.05) is 0 Å². The summed E-state index contributed by atoms with van der Waals surface area (Å²) in [5.74, 6) is 0.479. The van der Waals surface area contributed by atoms with Gasteiger partial charge in [-0.3, -0.25) is 0 Å². The van der Waals surface area contributed by atoms with Crippen LogP contribution in [0.2, 0.25) is 0 Å². The second-order valence-electron chi connectivity index (χ2n) is 5.44. The van der Waals surface area contributed by atoms with Gasteiger partial charge in [0.1, 0.15) is 0 Å². The lowest BCUT2D eigenvalue weighted by Gasteiger charge is -2.21. The zero-order valence-corrected chi connectivity index (χ0v) is 10.3.